The molecular formula is C14H20N2S. The zero-order valence-corrected chi connectivity index (χ0v) is 11.4. The molecule has 0 radical (unpaired) electrons. The van der Waals surface area contributed by atoms with Crippen molar-refractivity contribution >= 4 is 22.9 Å². The van der Waals surface area contributed by atoms with Crippen molar-refractivity contribution in [3.05, 3.63) is 29.3 Å². The Hall–Kier alpha value is -1.09. The van der Waals surface area contributed by atoms with Gasteiger partial charge in [0.15, 0.2) is 0 Å². The minimum atomic E-state index is 0.502. The number of benzene rings is 1. The Morgan fingerprint density at radius 2 is 2.18 bits per heavy atom. The molecule has 0 amide bonds. The number of thiocarbonyl (C=S) groups is 1. The molecule has 2 rings (SSSR count). The molecule has 0 spiro atoms. The summed E-state index contributed by atoms with van der Waals surface area (Å²) in [5.41, 5.74) is 9.33. The van der Waals surface area contributed by atoms with Crippen LogP contribution in [0, 0.1) is 6.92 Å². The molecule has 0 bridgehead atoms. The predicted molar refractivity (Wildman–Crippen MR) is 77.7 cm³/mol. The molecule has 0 aliphatic heterocycles. The minimum absolute atomic E-state index is 0.502. The van der Waals surface area contributed by atoms with E-state index in [2.05, 4.69) is 36.9 Å². The molecule has 2 nitrogen and oxygen atoms in total. The average Bonchev–Trinajstić information content (AvgIpc) is 3.09. The van der Waals surface area contributed by atoms with Crippen LogP contribution in [0.15, 0.2) is 18.2 Å². The van der Waals surface area contributed by atoms with Gasteiger partial charge in [0.25, 0.3) is 0 Å². The van der Waals surface area contributed by atoms with Gasteiger partial charge in [-0.1, -0.05) is 25.2 Å². The first kappa shape index (κ1) is 12.4. The van der Waals surface area contributed by atoms with Crippen LogP contribution in [0.4, 0.5) is 5.69 Å². The van der Waals surface area contributed by atoms with E-state index in [0.29, 0.717) is 11.0 Å². The summed E-state index contributed by atoms with van der Waals surface area (Å²) in [6, 6.07) is 7.04. The Morgan fingerprint density at radius 1 is 1.47 bits per heavy atom. The largest absolute Gasteiger partial charge is 0.389 e. The van der Waals surface area contributed by atoms with Crippen LogP contribution in [-0.2, 0) is 0 Å². The number of rotatable bonds is 5. The molecule has 1 aromatic carbocycles. The van der Waals surface area contributed by atoms with E-state index < -0.39 is 0 Å². The molecular weight excluding hydrogens is 228 g/mol. The zero-order chi connectivity index (χ0) is 12.4. The summed E-state index contributed by atoms with van der Waals surface area (Å²) in [6.45, 7) is 5.42. The number of hydrogen-bond acceptors (Lipinski definition) is 2. The third-order valence-electron chi connectivity index (χ3n) is 3.18. The highest BCUT2D eigenvalue weighted by Gasteiger charge is 2.30. The van der Waals surface area contributed by atoms with Gasteiger partial charge < -0.3 is 10.6 Å². The third-order valence-corrected chi connectivity index (χ3v) is 3.40. The minimum Gasteiger partial charge on any atom is -0.389 e. The van der Waals surface area contributed by atoms with E-state index >= 15 is 0 Å². The molecule has 92 valence electrons. The van der Waals surface area contributed by atoms with Gasteiger partial charge in [0.1, 0.15) is 4.99 Å². The molecule has 0 atom stereocenters. The standard InChI is InChI=1S/C14H20N2S/c1-3-8-16(11-5-6-11)13-9-10(2)4-7-12(13)14(15)17/h4,7,9,11H,3,5-6,8H2,1-2H3,(H2,15,17). The second-order valence-electron chi connectivity index (χ2n) is 4.81. The van der Waals surface area contributed by atoms with E-state index in [4.69, 9.17) is 18.0 Å². The van der Waals surface area contributed by atoms with E-state index in [0.717, 1.165) is 18.5 Å². The second kappa shape index (κ2) is 5.05. The van der Waals surface area contributed by atoms with Crippen molar-refractivity contribution < 1.29 is 0 Å². The van der Waals surface area contributed by atoms with Crippen LogP contribution >= 0.6 is 12.2 Å². The lowest BCUT2D eigenvalue weighted by Crippen LogP contribution is -2.29. The second-order valence-corrected chi connectivity index (χ2v) is 5.25. The fourth-order valence-corrected chi connectivity index (χ4v) is 2.39. The molecule has 0 saturated heterocycles. The smallest absolute Gasteiger partial charge is 0.106 e. The van der Waals surface area contributed by atoms with Gasteiger partial charge in [-0.15, -0.1) is 0 Å². The van der Waals surface area contributed by atoms with Gasteiger partial charge in [0.2, 0.25) is 0 Å². The molecule has 3 heteroatoms. The number of anilines is 1. The molecule has 1 saturated carbocycles. The van der Waals surface area contributed by atoms with Crippen molar-refractivity contribution in [2.45, 2.75) is 39.2 Å². The first-order valence-corrected chi connectivity index (χ1v) is 6.71. The number of nitrogens with zero attached hydrogens (tertiary/aromatic N) is 1. The van der Waals surface area contributed by atoms with Crippen molar-refractivity contribution in [1.29, 1.82) is 0 Å². The lowest BCUT2D eigenvalue weighted by atomic mass is 10.1. The SMILES string of the molecule is CCCN(c1cc(C)ccc1C(N)=S)C1CC1. The van der Waals surface area contributed by atoms with Crippen LogP contribution in [0.3, 0.4) is 0 Å². The molecule has 1 aliphatic carbocycles. The lowest BCUT2D eigenvalue weighted by Gasteiger charge is -2.27. The summed E-state index contributed by atoms with van der Waals surface area (Å²) in [7, 11) is 0. The van der Waals surface area contributed by atoms with Crippen molar-refractivity contribution in [3.8, 4) is 0 Å². The highest BCUT2D eigenvalue weighted by Crippen LogP contribution is 2.34. The maximum absolute atomic E-state index is 5.82. The van der Waals surface area contributed by atoms with E-state index in [9.17, 15) is 0 Å². The molecule has 2 N–H and O–H groups in total. The first-order valence-electron chi connectivity index (χ1n) is 6.30. The molecule has 0 heterocycles. The van der Waals surface area contributed by atoms with Gasteiger partial charge in [0, 0.05) is 23.8 Å². The summed E-state index contributed by atoms with van der Waals surface area (Å²) in [5.74, 6) is 0. The third kappa shape index (κ3) is 2.78. The van der Waals surface area contributed by atoms with Crippen LogP contribution in [0.25, 0.3) is 0 Å². The topological polar surface area (TPSA) is 29.3 Å². The van der Waals surface area contributed by atoms with Gasteiger partial charge in [-0.3, -0.25) is 0 Å². The highest BCUT2D eigenvalue weighted by atomic mass is 32.1. The van der Waals surface area contributed by atoms with Crippen LogP contribution in [0.5, 0.6) is 0 Å². The quantitative estimate of drug-likeness (QED) is 0.812. The Kier molecular flexibility index (Phi) is 3.67. The summed E-state index contributed by atoms with van der Waals surface area (Å²) in [6.07, 6.45) is 3.75. The van der Waals surface area contributed by atoms with Crippen molar-refractivity contribution in [1.82, 2.24) is 0 Å². The Labute approximate surface area is 109 Å². The summed E-state index contributed by atoms with van der Waals surface area (Å²) in [5, 5.41) is 0. The van der Waals surface area contributed by atoms with E-state index in [-0.39, 0.29) is 0 Å². The van der Waals surface area contributed by atoms with Crippen LogP contribution < -0.4 is 10.6 Å². The fraction of sp³-hybridized carbons (Fsp3) is 0.500. The van der Waals surface area contributed by atoms with Crippen molar-refractivity contribution in [2.24, 2.45) is 5.73 Å². The first-order chi connectivity index (χ1) is 8.13. The predicted octanol–water partition coefficient (Wildman–Crippen LogP) is 3.01. The van der Waals surface area contributed by atoms with Crippen molar-refractivity contribution in [2.75, 3.05) is 11.4 Å². The Balaban J connectivity index is 2.39. The zero-order valence-electron chi connectivity index (χ0n) is 10.6. The van der Waals surface area contributed by atoms with Crippen LogP contribution in [-0.4, -0.2) is 17.6 Å². The molecule has 17 heavy (non-hydrogen) atoms. The molecule has 1 aliphatic rings. The number of nitrogens with two attached hydrogens (primary N) is 1. The average molecular weight is 248 g/mol. The molecule has 1 aromatic rings. The fourth-order valence-electron chi connectivity index (χ4n) is 2.21. The van der Waals surface area contributed by atoms with Gasteiger partial charge in [-0.25, -0.2) is 0 Å². The maximum Gasteiger partial charge on any atom is 0.106 e. The van der Waals surface area contributed by atoms with Gasteiger partial charge in [-0.2, -0.15) is 0 Å². The van der Waals surface area contributed by atoms with E-state index in [1.54, 1.807) is 0 Å². The van der Waals surface area contributed by atoms with E-state index in [1.807, 2.05) is 0 Å². The normalized spacial score (nSPS) is 14.7. The van der Waals surface area contributed by atoms with E-state index in [1.165, 1.54) is 24.1 Å². The highest BCUT2D eigenvalue weighted by molar-refractivity contribution is 7.80. The number of aryl methyl sites for hydroxylation is 1. The number of hydrogen-bond donors (Lipinski definition) is 1. The summed E-state index contributed by atoms with van der Waals surface area (Å²) in [4.78, 5) is 2.98. The monoisotopic (exact) mass is 248 g/mol. The molecule has 1 fully saturated rings. The lowest BCUT2D eigenvalue weighted by molar-refractivity contribution is 0.762. The molecule has 0 unspecified atom stereocenters. The Morgan fingerprint density at radius 3 is 2.71 bits per heavy atom. The van der Waals surface area contributed by atoms with Crippen molar-refractivity contribution in [3.63, 3.8) is 0 Å². The van der Waals surface area contributed by atoms with Crippen LogP contribution in [0.1, 0.15) is 37.3 Å². The molecule has 0 aromatic heterocycles. The Bertz CT molecular complexity index is 424. The van der Waals surface area contributed by atoms with Gasteiger partial charge >= 0.3 is 0 Å². The summed E-state index contributed by atoms with van der Waals surface area (Å²) >= 11 is 5.15. The summed E-state index contributed by atoms with van der Waals surface area (Å²) < 4.78 is 0. The van der Waals surface area contributed by atoms with Gasteiger partial charge in [0.05, 0.1) is 0 Å². The maximum atomic E-state index is 5.82. The van der Waals surface area contributed by atoms with Crippen LogP contribution in [0.2, 0.25) is 0 Å². The van der Waals surface area contributed by atoms with Gasteiger partial charge in [-0.05, 0) is 43.9 Å².